The van der Waals surface area contributed by atoms with Gasteiger partial charge in [-0.3, -0.25) is 4.79 Å². The van der Waals surface area contributed by atoms with Gasteiger partial charge < -0.3 is 9.64 Å². The van der Waals surface area contributed by atoms with Crippen LogP contribution in [0, 0.1) is 11.7 Å². The number of aromatic nitrogens is 1. The Bertz CT molecular complexity index is 470. The predicted octanol–water partition coefficient (Wildman–Crippen LogP) is 2.37. The summed E-state index contributed by atoms with van der Waals surface area (Å²) in [4.78, 5) is 17.5. The fourth-order valence-corrected chi connectivity index (χ4v) is 2.26. The summed E-state index contributed by atoms with van der Waals surface area (Å²) in [5.74, 6) is -0.520. The minimum absolute atomic E-state index is 0.206. The number of halogens is 2. The van der Waals surface area contributed by atoms with Crippen LogP contribution in [0.5, 0.6) is 0 Å². The molecule has 19 heavy (non-hydrogen) atoms. The van der Waals surface area contributed by atoms with Gasteiger partial charge in [0.05, 0.1) is 12.2 Å². The third-order valence-electron chi connectivity index (χ3n) is 3.17. The number of hydrogen-bond donors (Lipinski definition) is 0. The van der Waals surface area contributed by atoms with E-state index in [1.807, 2.05) is 6.92 Å². The molecule has 0 aliphatic carbocycles. The molecular weight excluding hydrogens is 271 g/mol. The van der Waals surface area contributed by atoms with Gasteiger partial charge in [0.25, 0.3) is 5.91 Å². The van der Waals surface area contributed by atoms with E-state index in [4.69, 9.17) is 16.3 Å². The number of nitrogens with zero attached hydrogens (tertiary/aromatic N) is 2. The van der Waals surface area contributed by atoms with Crippen LogP contribution in [-0.2, 0) is 4.74 Å². The molecule has 1 fully saturated rings. The third kappa shape index (κ3) is 3.42. The predicted molar refractivity (Wildman–Crippen MR) is 69.7 cm³/mol. The summed E-state index contributed by atoms with van der Waals surface area (Å²) >= 11 is 5.50. The molecule has 1 aromatic heterocycles. The number of pyridine rings is 1. The van der Waals surface area contributed by atoms with E-state index in [2.05, 4.69) is 4.98 Å². The highest BCUT2D eigenvalue weighted by molar-refractivity contribution is 6.29. The summed E-state index contributed by atoms with van der Waals surface area (Å²) in [5.41, 5.74) is 0.235. The van der Waals surface area contributed by atoms with Crippen molar-refractivity contribution in [2.45, 2.75) is 13.3 Å². The lowest BCUT2D eigenvalue weighted by Gasteiger charge is -2.16. The van der Waals surface area contributed by atoms with Gasteiger partial charge >= 0.3 is 0 Å². The van der Waals surface area contributed by atoms with Gasteiger partial charge in [-0.15, -0.1) is 0 Å². The van der Waals surface area contributed by atoms with Crippen LogP contribution in [0.4, 0.5) is 4.39 Å². The number of likely N-dealkylation sites (tertiary alicyclic amines) is 1. The summed E-state index contributed by atoms with van der Waals surface area (Å²) in [6.45, 7) is 4.59. The summed E-state index contributed by atoms with van der Waals surface area (Å²) in [5, 5.41) is -0.216. The summed E-state index contributed by atoms with van der Waals surface area (Å²) in [6.07, 6.45) is 2.22. The highest BCUT2D eigenvalue weighted by Gasteiger charge is 2.27. The van der Waals surface area contributed by atoms with Crippen molar-refractivity contribution in [1.29, 1.82) is 0 Å². The fraction of sp³-hybridized carbons (Fsp3) is 0.538. The van der Waals surface area contributed by atoms with E-state index in [1.165, 1.54) is 6.20 Å². The Labute approximate surface area is 116 Å². The second-order valence-electron chi connectivity index (χ2n) is 4.56. The lowest BCUT2D eigenvalue weighted by atomic mass is 10.1. The second kappa shape index (κ2) is 6.30. The molecule has 1 aromatic rings. The first-order chi connectivity index (χ1) is 9.11. The lowest BCUT2D eigenvalue weighted by molar-refractivity contribution is 0.0762. The maximum Gasteiger partial charge on any atom is 0.255 e. The van der Waals surface area contributed by atoms with Gasteiger partial charge in [-0.25, -0.2) is 9.37 Å². The van der Waals surface area contributed by atoms with E-state index >= 15 is 0 Å². The molecule has 0 bridgehead atoms. The first kappa shape index (κ1) is 14.2. The molecule has 1 aliphatic rings. The largest absolute Gasteiger partial charge is 0.381 e. The minimum Gasteiger partial charge on any atom is -0.381 e. The zero-order valence-corrected chi connectivity index (χ0v) is 11.5. The van der Waals surface area contributed by atoms with Gasteiger partial charge in [0.2, 0.25) is 0 Å². The Morgan fingerprint density at radius 3 is 3.16 bits per heavy atom. The van der Waals surface area contributed by atoms with Crippen molar-refractivity contribution >= 4 is 17.5 Å². The Kier molecular flexibility index (Phi) is 4.71. The molecule has 1 amide bonds. The minimum atomic E-state index is -0.669. The molecule has 104 valence electrons. The number of hydrogen-bond acceptors (Lipinski definition) is 3. The SMILES string of the molecule is CCOC[C@@H]1CCN(C(=O)c2cnc(Cl)c(F)c2)C1. The van der Waals surface area contributed by atoms with Crippen molar-refractivity contribution in [1.82, 2.24) is 9.88 Å². The molecule has 0 radical (unpaired) electrons. The standard InChI is InChI=1S/C13H16ClFN2O2/c1-2-19-8-9-3-4-17(7-9)13(18)10-5-11(15)12(14)16-6-10/h5-6,9H,2-4,7-8H2,1H3/t9-/m1/s1. The lowest BCUT2D eigenvalue weighted by Crippen LogP contribution is -2.29. The molecule has 2 heterocycles. The molecule has 2 rings (SSSR count). The van der Waals surface area contributed by atoms with Gasteiger partial charge in [-0.1, -0.05) is 11.6 Å². The van der Waals surface area contributed by atoms with Crippen LogP contribution in [0.25, 0.3) is 0 Å². The van der Waals surface area contributed by atoms with Gasteiger partial charge in [0, 0.05) is 31.8 Å². The number of rotatable bonds is 4. The average Bonchev–Trinajstić information content (AvgIpc) is 2.87. The number of amides is 1. The Morgan fingerprint density at radius 1 is 1.68 bits per heavy atom. The molecule has 0 spiro atoms. The van der Waals surface area contributed by atoms with E-state index in [-0.39, 0.29) is 16.6 Å². The van der Waals surface area contributed by atoms with Gasteiger partial charge in [0.15, 0.2) is 11.0 Å². The fourth-order valence-electron chi connectivity index (χ4n) is 2.16. The Morgan fingerprint density at radius 2 is 2.47 bits per heavy atom. The molecule has 4 nitrogen and oxygen atoms in total. The first-order valence-corrected chi connectivity index (χ1v) is 6.67. The maximum absolute atomic E-state index is 13.3. The van der Waals surface area contributed by atoms with Crippen LogP contribution in [-0.4, -0.2) is 42.1 Å². The van der Waals surface area contributed by atoms with E-state index < -0.39 is 5.82 Å². The highest BCUT2D eigenvalue weighted by Crippen LogP contribution is 2.20. The molecule has 0 N–H and O–H groups in total. The molecule has 0 aromatic carbocycles. The molecule has 6 heteroatoms. The summed E-state index contributed by atoms with van der Waals surface area (Å²) in [7, 11) is 0. The quantitative estimate of drug-likeness (QED) is 0.798. The first-order valence-electron chi connectivity index (χ1n) is 6.30. The van der Waals surface area contributed by atoms with Crippen LogP contribution in [0.15, 0.2) is 12.3 Å². The van der Waals surface area contributed by atoms with Crippen LogP contribution in [0.3, 0.4) is 0 Å². The molecule has 0 unspecified atom stereocenters. The zero-order valence-electron chi connectivity index (χ0n) is 10.7. The van der Waals surface area contributed by atoms with E-state index in [0.29, 0.717) is 32.2 Å². The van der Waals surface area contributed by atoms with Crippen LogP contribution in [0.2, 0.25) is 5.15 Å². The van der Waals surface area contributed by atoms with E-state index in [0.717, 1.165) is 12.5 Å². The number of carbonyl (C=O) groups excluding carboxylic acids is 1. The molecule has 1 saturated heterocycles. The summed E-state index contributed by atoms with van der Waals surface area (Å²) < 4.78 is 18.6. The maximum atomic E-state index is 13.3. The number of carbonyl (C=O) groups is 1. The van der Waals surface area contributed by atoms with E-state index in [1.54, 1.807) is 4.90 Å². The molecule has 1 aliphatic heterocycles. The smallest absolute Gasteiger partial charge is 0.255 e. The second-order valence-corrected chi connectivity index (χ2v) is 4.92. The molecule has 0 saturated carbocycles. The molecular formula is C13H16ClFN2O2. The highest BCUT2D eigenvalue weighted by atomic mass is 35.5. The van der Waals surface area contributed by atoms with Gasteiger partial charge in [0.1, 0.15) is 0 Å². The van der Waals surface area contributed by atoms with Crippen molar-refractivity contribution in [3.8, 4) is 0 Å². The van der Waals surface area contributed by atoms with Crippen molar-refractivity contribution in [2.75, 3.05) is 26.3 Å². The molecule has 1 atom stereocenters. The van der Waals surface area contributed by atoms with E-state index in [9.17, 15) is 9.18 Å². The summed E-state index contributed by atoms with van der Waals surface area (Å²) in [6, 6.07) is 1.13. The van der Waals surface area contributed by atoms with Crippen molar-refractivity contribution in [3.05, 3.63) is 28.8 Å². The topological polar surface area (TPSA) is 42.4 Å². The zero-order chi connectivity index (χ0) is 13.8. The van der Waals surface area contributed by atoms with Crippen LogP contribution < -0.4 is 0 Å². The monoisotopic (exact) mass is 286 g/mol. The Balaban J connectivity index is 1.99. The van der Waals surface area contributed by atoms with Gasteiger partial charge in [-0.2, -0.15) is 0 Å². The third-order valence-corrected chi connectivity index (χ3v) is 3.45. The van der Waals surface area contributed by atoms with Crippen LogP contribution >= 0.6 is 11.6 Å². The normalized spacial score (nSPS) is 18.9. The van der Waals surface area contributed by atoms with Crippen molar-refractivity contribution < 1.29 is 13.9 Å². The van der Waals surface area contributed by atoms with Gasteiger partial charge in [-0.05, 0) is 19.4 Å². The van der Waals surface area contributed by atoms with Crippen LogP contribution in [0.1, 0.15) is 23.7 Å². The van der Waals surface area contributed by atoms with Crippen molar-refractivity contribution in [3.63, 3.8) is 0 Å². The Hall–Kier alpha value is -1.20. The average molecular weight is 287 g/mol. The van der Waals surface area contributed by atoms with Crippen molar-refractivity contribution in [2.24, 2.45) is 5.92 Å². The number of ether oxygens (including phenoxy) is 1.